The van der Waals surface area contributed by atoms with Gasteiger partial charge in [0.25, 0.3) is 0 Å². The van der Waals surface area contributed by atoms with Gasteiger partial charge in [0.1, 0.15) is 0 Å². The van der Waals surface area contributed by atoms with Crippen LogP contribution in [0.4, 0.5) is 5.69 Å². The number of sulfone groups is 1. The maximum absolute atomic E-state index is 12.7. The standard InChI is InChI=1S/C22H26N2O3S/c25-22(21-14-17-8-4-5-12-20(17)24-21)23-18-9-6-7-16(13-18)15-28(26,27)19-10-2-1-3-11-19/h1-3,6-7,9-11,13,17,20-21,24H,4-5,8,12,14-15H2,(H,23,25). The van der Waals surface area contributed by atoms with Crippen LogP contribution in [-0.2, 0) is 20.4 Å². The average molecular weight is 399 g/mol. The molecule has 1 saturated heterocycles. The van der Waals surface area contributed by atoms with E-state index < -0.39 is 9.84 Å². The van der Waals surface area contributed by atoms with Crippen molar-refractivity contribution in [3.8, 4) is 0 Å². The fourth-order valence-corrected chi connectivity index (χ4v) is 5.78. The summed E-state index contributed by atoms with van der Waals surface area (Å²) in [5, 5.41) is 6.44. The molecule has 5 nitrogen and oxygen atoms in total. The molecule has 0 bridgehead atoms. The lowest BCUT2D eigenvalue weighted by Gasteiger charge is -2.24. The summed E-state index contributed by atoms with van der Waals surface area (Å²) in [5.74, 6) is 0.483. The van der Waals surface area contributed by atoms with E-state index in [2.05, 4.69) is 10.6 Å². The molecule has 0 radical (unpaired) electrons. The lowest BCUT2D eigenvalue weighted by atomic mass is 9.85. The van der Waals surface area contributed by atoms with Crippen LogP contribution in [0, 0.1) is 5.92 Å². The molecule has 2 aromatic rings. The highest BCUT2D eigenvalue weighted by atomic mass is 32.2. The van der Waals surface area contributed by atoms with Gasteiger partial charge >= 0.3 is 0 Å². The van der Waals surface area contributed by atoms with E-state index >= 15 is 0 Å². The number of hydrogen-bond acceptors (Lipinski definition) is 4. The number of fused-ring (bicyclic) bond motifs is 1. The van der Waals surface area contributed by atoms with Gasteiger partial charge in [-0.3, -0.25) is 4.79 Å². The molecule has 2 aromatic carbocycles. The van der Waals surface area contributed by atoms with Crippen molar-refractivity contribution in [2.45, 2.75) is 54.8 Å². The molecule has 2 fully saturated rings. The van der Waals surface area contributed by atoms with Gasteiger partial charge in [-0.05, 0) is 55.0 Å². The second-order valence-corrected chi connectivity index (χ2v) is 9.86. The summed E-state index contributed by atoms with van der Waals surface area (Å²) in [6.45, 7) is 0. The molecule has 28 heavy (non-hydrogen) atoms. The minimum absolute atomic E-state index is 0.0301. The molecule has 3 unspecified atom stereocenters. The number of anilines is 1. The lowest BCUT2D eigenvalue weighted by Crippen LogP contribution is -2.39. The molecule has 6 heteroatoms. The number of carbonyl (C=O) groups is 1. The fraction of sp³-hybridized carbons (Fsp3) is 0.409. The topological polar surface area (TPSA) is 75.3 Å². The molecule has 1 amide bonds. The third kappa shape index (κ3) is 4.28. The van der Waals surface area contributed by atoms with Gasteiger partial charge in [-0.25, -0.2) is 8.42 Å². The predicted molar refractivity (Wildman–Crippen MR) is 110 cm³/mol. The van der Waals surface area contributed by atoms with Gasteiger partial charge in [-0.2, -0.15) is 0 Å². The molecule has 1 aliphatic carbocycles. The van der Waals surface area contributed by atoms with Crippen LogP contribution in [0.1, 0.15) is 37.7 Å². The van der Waals surface area contributed by atoms with Crippen LogP contribution >= 0.6 is 0 Å². The second-order valence-electron chi connectivity index (χ2n) is 7.87. The van der Waals surface area contributed by atoms with Gasteiger partial charge in [0, 0.05) is 11.7 Å². The molecule has 148 valence electrons. The van der Waals surface area contributed by atoms with Crippen molar-refractivity contribution in [3.63, 3.8) is 0 Å². The summed E-state index contributed by atoms with van der Waals surface area (Å²) in [6, 6.07) is 15.9. The first-order chi connectivity index (χ1) is 13.5. The van der Waals surface area contributed by atoms with E-state index in [0.29, 0.717) is 28.1 Å². The predicted octanol–water partition coefficient (Wildman–Crippen LogP) is 3.52. The molecule has 4 rings (SSSR count). The van der Waals surface area contributed by atoms with Crippen molar-refractivity contribution >= 4 is 21.4 Å². The van der Waals surface area contributed by atoms with Crippen LogP contribution in [0.15, 0.2) is 59.5 Å². The third-order valence-corrected chi connectivity index (χ3v) is 7.54. The number of nitrogens with one attached hydrogen (secondary N) is 2. The monoisotopic (exact) mass is 398 g/mol. The van der Waals surface area contributed by atoms with Crippen molar-refractivity contribution in [2.75, 3.05) is 5.32 Å². The summed E-state index contributed by atoms with van der Waals surface area (Å²) >= 11 is 0. The Morgan fingerprint density at radius 1 is 1.04 bits per heavy atom. The van der Waals surface area contributed by atoms with E-state index in [1.165, 1.54) is 19.3 Å². The first-order valence-electron chi connectivity index (χ1n) is 9.95. The summed E-state index contributed by atoms with van der Waals surface area (Å²) < 4.78 is 25.2. The van der Waals surface area contributed by atoms with Crippen molar-refractivity contribution < 1.29 is 13.2 Å². The van der Waals surface area contributed by atoms with E-state index in [-0.39, 0.29) is 17.7 Å². The van der Waals surface area contributed by atoms with E-state index in [9.17, 15) is 13.2 Å². The van der Waals surface area contributed by atoms with Gasteiger partial charge < -0.3 is 10.6 Å². The van der Waals surface area contributed by atoms with Crippen LogP contribution in [0.2, 0.25) is 0 Å². The van der Waals surface area contributed by atoms with Crippen LogP contribution in [-0.4, -0.2) is 26.4 Å². The Bertz CT molecular complexity index is 929. The Morgan fingerprint density at radius 3 is 2.61 bits per heavy atom. The smallest absolute Gasteiger partial charge is 0.241 e. The second kappa shape index (κ2) is 8.05. The number of benzene rings is 2. The highest BCUT2D eigenvalue weighted by molar-refractivity contribution is 7.90. The van der Waals surface area contributed by atoms with Crippen LogP contribution in [0.5, 0.6) is 0 Å². The molecule has 0 spiro atoms. The van der Waals surface area contributed by atoms with Gasteiger partial charge in [0.2, 0.25) is 5.91 Å². The van der Waals surface area contributed by atoms with Crippen LogP contribution in [0.3, 0.4) is 0 Å². The van der Waals surface area contributed by atoms with Gasteiger partial charge in [-0.1, -0.05) is 43.2 Å². The Kier molecular flexibility index (Phi) is 5.51. The molecule has 3 atom stereocenters. The minimum atomic E-state index is -3.41. The zero-order chi connectivity index (χ0) is 19.6. The summed E-state index contributed by atoms with van der Waals surface area (Å²) in [6.07, 6.45) is 5.74. The molecule has 1 saturated carbocycles. The number of amides is 1. The van der Waals surface area contributed by atoms with Crippen molar-refractivity contribution in [1.29, 1.82) is 0 Å². The first kappa shape index (κ1) is 19.2. The van der Waals surface area contributed by atoms with Gasteiger partial charge in [0.05, 0.1) is 16.7 Å². The molecule has 2 N–H and O–H groups in total. The maximum atomic E-state index is 12.7. The van der Waals surface area contributed by atoms with Crippen molar-refractivity contribution in [3.05, 3.63) is 60.2 Å². The lowest BCUT2D eigenvalue weighted by molar-refractivity contribution is -0.117. The zero-order valence-corrected chi connectivity index (χ0v) is 16.6. The minimum Gasteiger partial charge on any atom is -0.325 e. The molecular formula is C22H26N2O3S. The Balaban J connectivity index is 1.42. The van der Waals surface area contributed by atoms with Crippen LogP contribution < -0.4 is 10.6 Å². The fourth-order valence-electron chi connectivity index (χ4n) is 4.42. The SMILES string of the molecule is O=C(Nc1cccc(CS(=O)(=O)c2ccccc2)c1)C1CC2CCCCC2N1. The largest absolute Gasteiger partial charge is 0.325 e. The summed E-state index contributed by atoms with van der Waals surface area (Å²) in [5.41, 5.74) is 1.30. The van der Waals surface area contributed by atoms with Crippen molar-refractivity contribution in [1.82, 2.24) is 5.32 Å². The Labute approximate surface area is 166 Å². The quantitative estimate of drug-likeness (QED) is 0.808. The molecule has 0 aromatic heterocycles. The number of rotatable bonds is 5. The Morgan fingerprint density at radius 2 is 1.82 bits per heavy atom. The highest BCUT2D eigenvalue weighted by Gasteiger charge is 2.38. The molecule has 1 heterocycles. The molecular weight excluding hydrogens is 372 g/mol. The van der Waals surface area contributed by atoms with E-state index in [1.54, 1.807) is 54.6 Å². The van der Waals surface area contributed by atoms with Crippen molar-refractivity contribution in [2.24, 2.45) is 5.92 Å². The Hall–Kier alpha value is -2.18. The number of hydrogen-bond donors (Lipinski definition) is 2. The molecule has 1 aliphatic heterocycles. The summed E-state index contributed by atoms with van der Waals surface area (Å²) in [7, 11) is -3.41. The maximum Gasteiger partial charge on any atom is 0.241 e. The van der Waals surface area contributed by atoms with E-state index in [1.807, 2.05) is 0 Å². The first-order valence-corrected chi connectivity index (χ1v) is 11.6. The van der Waals surface area contributed by atoms with Gasteiger partial charge in [-0.15, -0.1) is 0 Å². The normalized spacial score (nSPS) is 24.5. The van der Waals surface area contributed by atoms with Gasteiger partial charge in [0.15, 0.2) is 9.84 Å². The average Bonchev–Trinajstić information content (AvgIpc) is 3.13. The van der Waals surface area contributed by atoms with Crippen LogP contribution in [0.25, 0.3) is 0 Å². The third-order valence-electron chi connectivity index (χ3n) is 5.83. The summed E-state index contributed by atoms with van der Waals surface area (Å²) in [4.78, 5) is 13.0. The highest BCUT2D eigenvalue weighted by Crippen LogP contribution is 2.33. The zero-order valence-electron chi connectivity index (χ0n) is 15.8. The van der Waals surface area contributed by atoms with E-state index in [0.717, 1.165) is 12.8 Å². The molecule has 2 aliphatic rings. The van der Waals surface area contributed by atoms with E-state index in [4.69, 9.17) is 0 Å². The number of carbonyl (C=O) groups excluding carboxylic acids is 1.